The predicted octanol–water partition coefficient (Wildman–Crippen LogP) is 3.89. The molecular formula is C20H35N3Si. The summed E-state index contributed by atoms with van der Waals surface area (Å²) in [6.45, 7) is 8.37. The van der Waals surface area contributed by atoms with Crippen LogP contribution in [0.1, 0.15) is 38.5 Å². The topological polar surface area (TPSA) is 27.3 Å². The molecule has 2 N–H and O–H groups in total. The van der Waals surface area contributed by atoms with Crippen molar-refractivity contribution in [3.8, 4) is 0 Å². The van der Waals surface area contributed by atoms with Crippen molar-refractivity contribution in [1.82, 2.24) is 15.2 Å². The molecule has 2 saturated carbocycles. The molecule has 3 fully saturated rings. The standard InChI is InChI=1S/C20H35N3Si/c1-24(2,23-14-21-13-22-15-23)20-12-19(16-8-4-3-5-9-16)17-10-6-7-11-18(17)20/h6-7,10-11,16-22H,3-5,8-9,12-15H2,1-2H3. The van der Waals surface area contributed by atoms with Crippen molar-refractivity contribution in [2.45, 2.75) is 57.2 Å². The minimum Gasteiger partial charge on any atom is -0.299 e. The molecule has 0 bridgehead atoms. The van der Waals surface area contributed by atoms with E-state index >= 15 is 0 Å². The molecule has 4 rings (SSSR count). The summed E-state index contributed by atoms with van der Waals surface area (Å²) in [6, 6.07) is 0. The van der Waals surface area contributed by atoms with Crippen LogP contribution in [0.2, 0.25) is 18.6 Å². The van der Waals surface area contributed by atoms with Gasteiger partial charge >= 0.3 is 0 Å². The van der Waals surface area contributed by atoms with E-state index in [9.17, 15) is 0 Å². The molecule has 3 nitrogen and oxygen atoms in total. The minimum absolute atomic E-state index is 0.797. The second kappa shape index (κ2) is 7.06. The smallest absolute Gasteiger partial charge is 0.128 e. The first kappa shape index (κ1) is 17.0. The second-order valence-corrected chi connectivity index (χ2v) is 13.7. The van der Waals surface area contributed by atoms with Crippen molar-refractivity contribution in [3.05, 3.63) is 24.3 Å². The van der Waals surface area contributed by atoms with Gasteiger partial charge < -0.3 is 0 Å². The fourth-order valence-corrected chi connectivity index (χ4v) is 9.71. The third-order valence-corrected chi connectivity index (χ3v) is 11.9. The highest BCUT2D eigenvalue weighted by molar-refractivity contribution is 6.76. The summed E-state index contributed by atoms with van der Waals surface area (Å²) in [4.78, 5) is 0. The van der Waals surface area contributed by atoms with Crippen LogP contribution in [-0.4, -0.2) is 32.8 Å². The predicted molar refractivity (Wildman–Crippen MR) is 104 cm³/mol. The summed E-state index contributed by atoms with van der Waals surface area (Å²) in [7, 11) is -1.46. The Balaban J connectivity index is 1.56. The molecule has 3 aliphatic carbocycles. The Morgan fingerprint density at radius 3 is 2.29 bits per heavy atom. The Hall–Kier alpha value is -0.423. The number of hydrogen-bond donors (Lipinski definition) is 2. The lowest BCUT2D eigenvalue weighted by Crippen LogP contribution is -2.63. The van der Waals surface area contributed by atoms with Crippen LogP contribution in [0.4, 0.5) is 0 Å². The first-order valence-electron chi connectivity index (χ1n) is 10.2. The Morgan fingerprint density at radius 2 is 1.58 bits per heavy atom. The average Bonchev–Trinajstić information content (AvgIpc) is 3.04. The highest BCUT2D eigenvalue weighted by Gasteiger charge is 2.52. The van der Waals surface area contributed by atoms with Crippen LogP contribution in [-0.2, 0) is 0 Å². The molecule has 0 aromatic carbocycles. The number of nitrogens with zero attached hydrogens (tertiary/aromatic N) is 1. The maximum atomic E-state index is 3.53. The molecule has 1 heterocycles. The summed E-state index contributed by atoms with van der Waals surface area (Å²) < 4.78 is 2.76. The van der Waals surface area contributed by atoms with Crippen LogP contribution < -0.4 is 10.6 Å². The van der Waals surface area contributed by atoms with Crippen LogP contribution >= 0.6 is 0 Å². The zero-order valence-electron chi connectivity index (χ0n) is 15.5. The Morgan fingerprint density at radius 1 is 0.917 bits per heavy atom. The quantitative estimate of drug-likeness (QED) is 0.760. The van der Waals surface area contributed by atoms with Crippen molar-refractivity contribution in [3.63, 3.8) is 0 Å². The molecule has 24 heavy (non-hydrogen) atoms. The van der Waals surface area contributed by atoms with Gasteiger partial charge in [0.1, 0.15) is 8.24 Å². The maximum Gasteiger partial charge on any atom is 0.128 e. The fraction of sp³-hybridized carbons (Fsp3) is 0.800. The van der Waals surface area contributed by atoms with E-state index in [0.29, 0.717) is 0 Å². The summed E-state index contributed by atoms with van der Waals surface area (Å²) in [5.41, 5.74) is 0.900. The third-order valence-electron chi connectivity index (χ3n) is 7.54. The van der Waals surface area contributed by atoms with E-state index in [-0.39, 0.29) is 0 Å². The number of nitrogens with one attached hydrogen (secondary N) is 2. The summed E-state index contributed by atoms with van der Waals surface area (Å²) in [5.74, 6) is 3.56. The molecule has 0 aromatic rings. The molecule has 0 amide bonds. The van der Waals surface area contributed by atoms with Gasteiger partial charge in [0.15, 0.2) is 0 Å². The van der Waals surface area contributed by atoms with E-state index in [2.05, 4.69) is 52.6 Å². The van der Waals surface area contributed by atoms with Gasteiger partial charge in [0.05, 0.1) is 0 Å². The molecule has 1 saturated heterocycles. The zero-order chi connectivity index (χ0) is 16.6. The molecule has 4 atom stereocenters. The average molecular weight is 346 g/mol. The number of fused-ring (bicyclic) bond motifs is 1. The van der Waals surface area contributed by atoms with E-state index in [1.54, 1.807) is 0 Å². The largest absolute Gasteiger partial charge is 0.299 e. The molecule has 4 aliphatic rings. The molecule has 134 valence electrons. The lowest BCUT2D eigenvalue weighted by molar-refractivity contribution is 0.216. The van der Waals surface area contributed by atoms with Crippen LogP contribution in [0.5, 0.6) is 0 Å². The lowest BCUT2D eigenvalue weighted by atomic mass is 9.73. The minimum atomic E-state index is -1.46. The van der Waals surface area contributed by atoms with Gasteiger partial charge in [0, 0.05) is 20.0 Å². The Bertz CT molecular complexity index is 489. The molecule has 0 radical (unpaired) electrons. The first-order chi connectivity index (χ1) is 11.7. The van der Waals surface area contributed by atoms with Gasteiger partial charge in [-0.05, 0) is 35.6 Å². The van der Waals surface area contributed by atoms with Crippen LogP contribution in [0.3, 0.4) is 0 Å². The van der Waals surface area contributed by atoms with E-state index in [0.717, 1.165) is 49.2 Å². The second-order valence-electron chi connectivity index (χ2n) is 9.02. The van der Waals surface area contributed by atoms with E-state index in [1.807, 2.05) is 0 Å². The van der Waals surface area contributed by atoms with Crippen molar-refractivity contribution < 1.29 is 0 Å². The highest BCUT2D eigenvalue weighted by atomic mass is 28.3. The first-order valence-corrected chi connectivity index (χ1v) is 13.2. The SMILES string of the molecule is C[Si](C)(C1CC(C2CCCCC2)C2C=CC=CC21)N1CNCNC1. The summed E-state index contributed by atoms with van der Waals surface area (Å²) >= 11 is 0. The fourth-order valence-electron chi connectivity index (χ4n) is 6.08. The van der Waals surface area contributed by atoms with Gasteiger partial charge in [0.2, 0.25) is 0 Å². The van der Waals surface area contributed by atoms with E-state index in [1.165, 1.54) is 38.5 Å². The van der Waals surface area contributed by atoms with Gasteiger partial charge in [-0.15, -0.1) is 0 Å². The molecule has 0 spiro atoms. The summed E-state index contributed by atoms with van der Waals surface area (Å²) in [5, 5.41) is 7.06. The van der Waals surface area contributed by atoms with E-state index < -0.39 is 8.24 Å². The monoisotopic (exact) mass is 345 g/mol. The molecule has 0 aromatic heterocycles. The Labute approximate surface area is 149 Å². The van der Waals surface area contributed by atoms with Crippen molar-refractivity contribution in [2.24, 2.45) is 23.7 Å². The van der Waals surface area contributed by atoms with Crippen LogP contribution in [0.15, 0.2) is 24.3 Å². The number of allylic oxidation sites excluding steroid dienone is 4. The van der Waals surface area contributed by atoms with Gasteiger partial charge in [-0.3, -0.25) is 15.2 Å². The van der Waals surface area contributed by atoms with Gasteiger partial charge in [-0.1, -0.05) is 69.5 Å². The molecule has 1 aliphatic heterocycles. The molecule has 4 heteroatoms. The number of hydrogen-bond acceptors (Lipinski definition) is 3. The van der Waals surface area contributed by atoms with Gasteiger partial charge in [0.25, 0.3) is 0 Å². The van der Waals surface area contributed by atoms with Crippen molar-refractivity contribution >= 4 is 8.24 Å². The third kappa shape index (κ3) is 3.07. The Kier molecular flexibility index (Phi) is 5.01. The normalized spacial score (nSPS) is 38.4. The van der Waals surface area contributed by atoms with Gasteiger partial charge in [-0.2, -0.15) is 0 Å². The van der Waals surface area contributed by atoms with E-state index in [4.69, 9.17) is 0 Å². The zero-order valence-corrected chi connectivity index (χ0v) is 16.5. The maximum absolute atomic E-state index is 3.53. The van der Waals surface area contributed by atoms with Crippen LogP contribution in [0, 0.1) is 23.7 Å². The van der Waals surface area contributed by atoms with Gasteiger partial charge in [-0.25, -0.2) is 0 Å². The van der Waals surface area contributed by atoms with Crippen LogP contribution in [0.25, 0.3) is 0 Å². The summed E-state index contributed by atoms with van der Waals surface area (Å²) in [6.07, 6.45) is 18.7. The lowest BCUT2D eigenvalue weighted by Gasteiger charge is -2.45. The van der Waals surface area contributed by atoms with Crippen molar-refractivity contribution in [2.75, 3.05) is 20.0 Å². The molecular weight excluding hydrogens is 310 g/mol. The highest BCUT2D eigenvalue weighted by Crippen LogP contribution is 2.56. The molecule has 4 unspecified atom stereocenters. The number of rotatable bonds is 3. The van der Waals surface area contributed by atoms with Crippen molar-refractivity contribution in [1.29, 1.82) is 0 Å².